The maximum Gasteiger partial charge on any atom is 0.197 e. The van der Waals surface area contributed by atoms with Gasteiger partial charge < -0.3 is 44.9 Å². The van der Waals surface area contributed by atoms with Crippen LogP contribution in [0, 0.1) is 0 Å². The van der Waals surface area contributed by atoms with E-state index in [1.807, 2.05) is 0 Å². The lowest BCUT2D eigenvalue weighted by Crippen LogP contribution is -2.55. The molecular weight excluding hydrogens is 412 g/mol. The van der Waals surface area contributed by atoms with Crippen LogP contribution in [0.25, 0.3) is 22.3 Å². The third-order valence-corrected chi connectivity index (χ3v) is 5.34. The molecule has 1 aliphatic heterocycles. The lowest BCUT2D eigenvalue weighted by atomic mass is 9.89. The van der Waals surface area contributed by atoms with Gasteiger partial charge in [-0.25, -0.2) is 0 Å². The zero-order chi connectivity index (χ0) is 22.4. The molecular formula is C21H20O10. The van der Waals surface area contributed by atoms with Gasteiger partial charge in [-0.05, 0) is 24.3 Å². The van der Waals surface area contributed by atoms with Crippen molar-refractivity contribution < 1.29 is 44.9 Å². The normalized spacial score (nSPS) is 26.3. The molecule has 2 heterocycles. The number of ether oxygens (including phenoxy) is 1. The summed E-state index contributed by atoms with van der Waals surface area (Å²) in [5, 5.41) is 70.0. The summed E-state index contributed by atoms with van der Waals surface area (Å²) in [6.07, 6.45) is -7.95. The van der Waals surface area contributed by atoms with Crippen molar-refractivity contribution in [2.24, 2.45) is 0 Å². The summed E-state index contributed by atoms with van der Waals surface area (Å²) < 4.78 is 11.0. The molecule has 1 aliphatic rings. The van der Waals surface area contributed by atoms with Crippen molar-refractivity contribution in [3.05, 3.63) is 52.2 Å². The number of phenolic OH excluding ortho intramolecular Hbond substituents is 3. The predicted octanol–water partition coefficient (Wildman–Crippen LogP) is 0.0917. The lowest BCUT2D eigenvalue weighted by molar-refractivity contribution is -0.232. The van der Waals surface area contributed by atoms with Gasteiger partial charge in [-0.15, -0.1) is 0 Å². The van der Waals surface area contributed by atoms with Gasteiger partial charge in [-0.3, -0.25) is 4.79 Å². The average molecular weight is 432 g/mol. The molecule has 164 valence electrons. The zero-order valence-corrected chi connectivity index (χ0v) is 15.9. The van der Waals surface area contributed by atoms with E-state index >= 15 is 0 Å². The second-order valence-electron chi connectivity index (χ2n) is 7.30. The molecule has 3 aromatic rings. The molecule has 0 radical (unpaired) electrons. The summed E-state index contributed by atoms with van der Waals surface area (Å²) in [7, 11) is 0. The Morgan fingerprint density at radius 3 is 2.23 bits per heavy atom. The molecule has 0 unspecified atom stereocenters. The van der Waals surface area contributed by atoms with E-state index in [4.69, 9.17) is 9.15 Å². The van der Waals surface area contributed by atoms with Gasteiger partial charge >= 0.3 is 0 Å². The molecule has 1 fully saturated rings. The van der Waals surface area contributed by atoms with Crippen LogP contribution in [-0.2, 0) is 4.74 Å². The van der Waals surface area contributed by atoms with Crippen LogP contribution in [0.4, 0.5) is 0 Å². The largest absolute Gasteiger partial charge is 0.508 e. The van der Waals surface area contributed by atoms with Gasteiger partial charge in [0.05, 0.1) is 12.2 Å². The number of aliphatic hydroxyl groups excluding tert-OH is 4. The van der Waals surface area contributed by atoms with Crippen molar-refractivity contribution in [1.29, 1.82) is 0 Å². The maximum atomic E-state index is 12.7. The van der Waals surface area contributed by atoms with Crippen molar-refractivity contribution in [3.8, 4) is 28.6 Å². The molecule has 1 saturated heterocycles. The van der Waals surface area contributed by atoms with Crippen LogP contribution < -0.4 is 5.43 Å². The summed E-state index contributed by atoms with van der Waals surface area (Å²) in [6, 6.07) is 8.00. The van der Waals surface area contributed by atoms with Gasteiger partial charge in [0.25, 0.3) is 0 Å². The third-order valence-electron chi connectivity index (χ3n) is 5.34. The molecule has 10 nitrogen and oxygen atoms in total. The number of fused-ring (bicyclic) bond motifs is 1. The summed E-state index contributed by atoms with van der Waals surface area (Å²) in [5.41, 5.74) is -0.741. The summed E-state index contributed by atoms with van der Waals surface area (Å²) in [5.74, 6) is -1.19. The monoisotopic (exact) mass is 432 g/mol. The van der Waals surface area contributed by atoms with E-state index in [9.17, 15) is 40.5 Å². The number of benzene rings is 2. The summed E-state index contributed by atoms with van der Waals surface area (Å²) in [6.45, 7) is -0.700. The van der Waals surface area contributed by atoms with Gasteiger partial charge in [0.15, 0.2) is 5.43 Å². The molecule has 7 N–H and O–H groups in total. The zero-order valence-electron chi connectivity index (χ0n) is 15.9. The maximum absolute atomic E-state index is 12.7. The summed E-state index contributed by atoms with van der Waals surface area (Å²) >= 11 is 0. The highest BCUT2D eigenvalue weighted by Crippen LogP contribution is 2.44. The quantitative estimate of drug-likeness (QED) is 0.300. The molecule has 0 amide bonds. The van der Waals surface area contributed by atoms with Crippen LogP contribution in [-0.4, -0.2) is 66.8 Å². The fourth-order valence-corrected chi connectivity index (χ4v) is 3.69. The minimum Gasteiger partial charge on any atom is -0.508 e. The topological polar surface area (TPSA) is 181 Å². The average Bonchev–Trinajstić information content (AvgIpc) is 2.73. The fourth-order valence-electron chi connectivity index (χ4n) is 3.69. The molecule has 1 aromatic heterocycles. The SMILES string of the molecule is O=c1cc(-c2ccc(O)cc2)oc2cc(O)c([C@H]3O[C@H](CO)[C@@H](O)[C@@H](O)[C@H]3O)c(O)c12. The van der Waals surface area contributed by atoms with Crippen LogP contribution >= 0.6 is 0 Å². The minimum atomic E-state index is -1.77. The van der Waals surface area contributed by atoms with Crippen LogP contribution in [0.5, 0.6) is 17.2 Å². The van der Waals surface area contributed by atoms with E-state index < -0.39 is 59.6 Å². The first-order chi connectivity index (χ1) is 14.7. The second kappa shape index (κ2) is 7.84. The molecule has 4 rings (SSSR count). The van der Waals surface area contributed by atoms with Crippen molar-refractivity contribution >= 4 is 11.0 Å². The van der Waals surface area contributed by atoms with Crippen molar-refractivity contribution in [3.63, 3.8) is 0 Å². The molecule has 0 spiro atoms. The number of aromatic hydroxyl groups is 3. The van der Waals surface area contributed by atoms with Crippen molar-refractivity contribution in [2.45, 2.75) is 30.5 Å². The Bertz CT molecular complexity index is 1170. The second-order valence-corrected chi connectivity index (χ2v) is 7.30. The van der Waals surface area contributed by atoms with Gasteiger partial charge in [0.1, 0.15) is 64.5 Å². The molecule has 5 atom stereocenters. The number of hydrogen-bond donors (Lipinski definition) is 7. The standard InChI is InChI=1S/C21H20O10/c22-7-14-17(26)19(28)20(29)21(31-14)16-11(25)6-13-15(18(16)27)10(24)5-12(30-13)8-1-3-9(23)4-2-8/h1-6,14,17,19-23,25-29H,7H2/t14-,17-,19-,20-,21-/m1/s1. The first kappa shape index (κ1) is 21.1. The molecule has 0 bridgehead atoms. The van der Waals surface area contributed by atoms with Gasteiger partial charge in [0, 0.05) is 17.7 Å². The number of aliphatic hydroxyl groups is 4. The Kier molecular flexibility index (Phi) is 5.33. The Labute approximate surface area is 174 Å². The first-order valence-corrected chi connectivity index (χ1v) is 9.35. The molecule has 0 aliphatic carbocycles. The van der Waals surface area contributed by atoms with E-state index in [2.05, 4.69) is 0 Å². The van der Waals surface area contributed by atoms with Crippen LogP contribution in [0.15, 0.2) is 45.6 Å². The number of phenols is 3. The van der Waals surface area contributed by atoms with Gasteiger partial charge in [0.2, 0.25) is 0 Å². The molecule has 10 heteroatoms. The summed E-state index contributed by atoms with van der Waals surface area (Å²) in [4.78, 5) is 12.7. The highest BCUT2D eigenvalue weighted by molar-refractivity contribution is 5.88. The molecule has 31 heavy (non-hydrogen) atoms. The van der Waals surface area contributed by atoms with E-state index in [-0.39, 0.29) is 22.5 Å². The van der Waals surface area contributed by atoms with E-state index in [0.717, 1.165) is 12.1 Å². The Balaban J connectivity index is 1.85. The third kappa shape index (κ3) is 3.50. The number of rotatable bonds is 3. The fraction of sp³-hybridized carbons (Fsp3) is 0.286. The van der Waals surface area contributed by atoms with Crippen molar-refractivity contribution in [2.75, 3.05) is 6.61 Å². The molecule has 0 saturated carbocycles. The smallest absolute Gasteiger partial charge is 0.197 e. The number of hydrogen-bond acceptors (Lipinski definition) is 10. The minimum absolute atomic E-state index is 0.0198. The molecule has 2 aromatic carbocycles. The van der Waals surface area contributed by atoms with Gasteiger partial charge in [-0.1, -0.05) is 0 Å². The van der Waals surface area contributed by atoms with E-state index in [1.165, 1.54) is 24.3 Å². The van der Waals surface area contributed by atoms with Crippen LogP contribution in [0.1, 0.15) is 11.7 Å². The highest BCUT2D eigenvalue weighted by Gasteiger charge is 2.46. The Morgan fingerprint density at radius 1 is 0.903 bits per heavy atom. The Hall–Kier alpha value is -3.15. The van der Waals surface area contributed by atoms with E-state index in [0.29, 0.717) is 5.56 Å². The van der Waals surface area contributed by atoms with Gasteiger partial charge in [-0.2, -0.15) is 0 Å². The first-order valence-electron chi connectivity index (χ1n) is 9.35. The lowest BCUT2D eigenvalue weighted by Gasteiger charge is -2.40. The predicted molar refractivity (Wildman–Crippen MR) is 106 cm³/mol. The highest BCUT2D eigenvalue weighted by atomic mass is 16.5. The van der Waals surface area contributed by atoms with Crippen LogP contribution in [0.2, 0.25) is 0 Å². The van der Waals surface area contributed by atoms with E-state index in [1.54, 1.807) is 0 Å². The van der Waals surface area contributed by atoms with Crippen LogP contribution in [0.3, 0.4) is 0 Å². The Morgan fingerprint density at radius 2 is 1.58 bits per heavy atom. The van der Waals surface area contributed by atoms with Crippen molar-refractivity contribution in [1.82, 2.24) is 0 Å².